The summed E-state index contributed by atoms with van der Waals surface area (Å²) in [6, 6.07) is 0. The Morgan fingerprint density at radius 1 is 1.27 bits per heavy atom. The molecular formula is C23H34O7. The molecule has 2 heterocycles. The number of ether oxygens (including phenoxy) is 3. The van der Waals surface area contributed by atoms with Crippen molar-refractivity contribution in [2.24, 2.45) is 39.9 Å². The first-order valence-electron chi connectivity index (χ1n) is 11.3. The van der Waals surface area contributed by atoms with E-state index in [-0.39, 0.29) is 54.1 Å². The van der Waals surface area contributed by atoms with E-state index < -0.39 is 28.8 Å². The number of esters is 1. The van der Waals surface area contributed by atoms with E-state index in [1.54, 1.807) is 7.11 Å². The van der Waals surface area contributed by atoms with E-state index in [0.717, 1.165) is 19.3 Å². The second-order valence-corrected chi connectivity index (χ2v) is 11.2. The van der Waals surface area contributed by atoms with Crippen molar-refractivity contribution in [2.75, 3.05) is 20.3 Å². The van der Waals surface area contributed by atoms with Crippen LogP contribution in [0, 0.1) is 39.9 Å². The fourth-order valence-electron chi connectivity index (χ4n) is 8.86. The monoisotopic (exact) mass is 422 g/mol. The maximum absolute atomic E-state index is 14.0. The molecule has 0 aromatic carbocycles. The number of methoxy groups -OCH3 is 1. The summed E-state index contributed by atoms with van der Waals surface area (Å²) in [6.07, 6.45) is 2.11. The SMILES string of the molecule is COCC1C(=O)C23CC1CC(OC(C)=O)C2C12CCCC(C)(C)C1C(O)C3(O)OC2. The molecule has 9 atom stereocenters. The Bertz CT molecular complexity index is 780. The van der Waals surface area contributed by atoms with Crippen LogP contribution >= 0.6 is 0 Å². The number of ketones is 1. The molecule has 2 spiro atoms. The number of fused-ring (bicyclic) bond motifs is 2. The number of hydrogen-bond donors (Lipinski definition) is 2. The lowest BCUT2D eigenvalue weighted by Crippen LogP contribution is -2.83. The summed E-state index contributed by atoms with van der Waals surface area (Å²) in [5.41, 5.74) is -1.99. The quantitative estimate of drug-likeness (QED) is 0.667. The van der Waals surface area contributed by atoms with Crippen LogP contribution in [0.25, 0.3) is 0 Å². The molecule has 9 unspecified atom stereocenters. The zero-order valence-electron chi connectivity index (χ0n) is 18.3. The number of rotatable bonds is 3. The molecule has 7 heteroatoms. The minimum absolute atomic E-state index is 0.0660. The van der Waals surface area contributed by atoms with Crippen molar-refractivity contribution in [3.05, 3.63) is 0 Å². The van der Waals surface area contributed by atoms with E-state index >= 15 is 0 Å². The van der Waals surface area contributed by atoms with E-state index in [0.29, 0.717) is 12.8 Å². The highest BCUT2D eigenvalue weighted by atomic mass is 16.6. The first-order valence-corrected chi connectivity index (χ1v) is 11.3. The molecule has 4 bridgehead atoms. The fraction of sp³-hybridized carbons (Fsp3) is 0.913. The maximum Gasteiger partial charge on any atom is 0.302 e. The molecule has 2 saturated heterocycles. The number of aliphatic hydroxyl groups is 2. The number of carbonyl (C=O) groups excluding carboxylic acids is 2. The molecule has 168 valence electrons. The van der Waals surface area contributed by atoms with Crippen LogP contribution in [-0.2, 0) is 23.8 Å². The zero-order chi connectivity index (χ0) is 21.7. The summed E-state index contributed by atoms with van der Waals surface area (Å²) in [5.74, 6) is -3.45. The summed E-state index contributed by atoms with van der Waals surface area (Å²) >= 11 is 0. The van der Waals surface area contributed by atoms with Crippen LogP contribution in [0.3, 0.4) is 0 Å². The van der Waals surface area contributed by atoms with Gasteiger partial charge >= 0.3 is 5.97 Å². The van der Waals surface area contributed by atoms with Gasteiger partial charge in [-0.2, -0.15) is 0 Å². The molecule has 6 rings (SSSR count). The molecule has 0 amide bonds. The average Bonchev–Trinajstić information content (AvgIpc) is 2.85. The van der Waals surface area contributed by atoms with Gasteiger partial charge in [0.15, 0.2) is 5.78 Å². The third-order valence-corrected chi connectivity index (χ3v) is 9.49. The molecule has 7 nitrogen and oxygen atoms in total. The van der Waals surface area contributed by atoms with Crippen molar-refractivity contribution < 1.29 is 34.0 Å². The van der Waals surface area contributed by atoms with E-state index in [2.05, 4.69) is 13.8 Å². The van der Waals surface area contributed by atoms with Crippen LogP contribution in [0.15, 0.2) is 0 Å². The fourth-order valence-corrected chi connectivity index (χ4v) is 8.86. The van der Waals surface area contributed by atoms with Gasteiger partial charge in [0.1, 0.15) is 12.2 Å². The molecule has 0 radical (unpaired) electrons. The first kappa shape index (κ1) is 20.9. The van der Waals surface area contributed by atoms with Crippen molar-refractivity contribution in [2.45, 2.75) is 70.9 Å². The van der Waals surface area contributed by atoms with E-state index in [9.17, 15) is 19.8 Å². The predicted octanol–water partition coefficient (Wildman–Crippen LogP) is 1.68. The van der Waals surface area contributed by atoms with E-state index in [1.807, 2.05) is 0 Å². The standard InChI is InChI=1S/C23H34O7/c1-12(24)30-15-8-13-9-22(18(25)14(13)10-28-4)16(15)21-7-5-6-20(2,3)17(21)19(26)23(22,27)29-11-21/h13-17,19,26-27H,5-11H2,1-4H3. The zero-order valence-corrected chi connectivity index (χ0v) is 18.3. The Balaban J connectivity index is 1.73. The minimum atomic E-state index is -1.96. The minimum Gasteiger partial charge on any atom is -0.462 e. The van der Waals surface area contributed by atoms with Crippen molar-refractivity contribution in [3.8, 4) is 0 Å². The second-order valence-electron chi connectivity index (χ2n) is 11.2. The van der Waals surface area contributed by atoms with Crippen molar-refractivity contribution in [3.63, 3.8) is 0 Å². The van der Waals surface area contributed by atoms with Crippen molar-refractivity contribution in [1.29, 1.82) is 0 Å². The predicted molar refractivity (Wildman–Crippen MR) is 105 cm³/mol. The van der Waals surface area contributed by atoms with Gasteiger partial charge in [-0.3, -0.25) is 9.59 Å². The highest BCUT2D eigenvalue weighted by Gasteiger charge is 2.85. The summed E-state index contributed by atoms with van der Waals surface area (Å²) in [6.45, 7) is 6.22. The van der Waals surface area contributed by atoms with Crippen LogP contribution in [-0.4, -0.2) is 60.3 Å². The van der Waals surface area contributed by atoms with Gasteiger partial charge in [0, 0.05) is 37.2 Å². The van der Waals surface area contributed by atoms with Crippen LogP contribution < -0.4 is 0 Å². The Morgan fingerprint density at radius 2 is 2.00 bits per heavy atom. The van der Waals surface area contributed by atoms with Gasteiger partial charge in [0.25, 0.3) is 0 Å². The summed E-state index contributed by atoms with van der Waals surface area (Å²) in [5, 5.41) is 23.5. The maximum atomic E-state index is 14.0. The molecule has 2 N–H and O–H groups in total. The molecule has 6 fully saturated rings. The smallest absolute Gasteiger partial charge is 0.302 e. The first-order chi connectivity index (χ1) is 14.0. The summed E-state index contributed by atoms with van der Waals surface area (Å²) < 4.78 is 17.3. The average molecular weight is 423 g/mol. The summed E-state index contributed by atoms with van der Waals surface area (Å²) in [4.78, 5) is 26.0. The van der Waals surface area contributed by atoms with Crippen molar-refractivity contribution in [1.82, 2.24) is 0 Å². The third kappa shape index (κ3) is 2.20. The Kier molecular flexibility index (Phi) is 4.36. The lowest BCUT2D eigenvalue weighted by atomic mass is 9.36. The molecule has 0 aromatic rings. The number of carbonyl (C=O) groups is 2. The highest BCUT2D eigenvalue weighted by molar-refractivity contribution is 5.92. The van der Waals surface area contributed by atoms with Gasteiger partial charge in [-0.15, -0.1) is 0 Å². The molecule has 30 heavy (non-hydrogen) atoms. The van der Waals surface area contributed by atoms with Crippen LogP contribution in [0.1, 0.15) is 52.9 Å². The number of Topliss-reactive ketones (excluding diaryl/α,β-unsaturated/α-hetero) is 1. The third-order valence-electron chi connectivity index (χ3n) is 9.49. The topological polar surface area (TPSA) is 102 Å². The molecule has 2 aliphatic heterocycles. The number of hydrogen-bond acceptors (Lipinski definition) is 7. The lowest BCUT2D eigenvalue weighted by Gasteiger charge is -2.74. The van der Waals surface area contributed by atoms with Crippen molar-refractivity contribution >= 4 is 11.8 Å². The largest absolute Gasteiger partial charge is 0.462 e. The number of aliphatic hydroxyl groups excluding tert-OH is 1. The molecule has 4 saturated carbocycles. The van der Waals surface area contributed by atoms with Gasteiger partial charge in [-0.1, -0.05) is 20.3 Å². The molecule has 0 aromatic heterocycles. The molecular weight excluding hydrogens is 388 g/mol. The normalized spacial score (nSPS) is 53.2. The van der Waals surface area contributed by atoms with Crippen LogP contribution in [0.2, 0.25) is 0 Å². The van der Waals surface area contributed by atoms with Crippen LogP contribution in [0.5, 0.6) is 0 Å². The lowest BCUT2D eigenvalue weighted by molar-refractivity contribution is -0.445. The Morgan fingerprint density at radius 3 is 2.67 bits per heavy atom. The summed E-state index contributed by atoms with van der Waals surface area (Å²) in [7, 11) is 1.57. The van der Waals surface area contributed by atoms with Gasteiger partial charge in [-0.25, -0.2) is 0 Å². The van der Waals surface area contributed by atoms with Gasteiger partial charge in [0.05, 0.1) is 18.6 Å². The van der Waals surface area contributed by atoms with Gasteiger partial charge in [-0.05, 0) is 37.0 Å². The Labute approximate surface area is 177 Å². The van der Waals surface area contributed by atoms with E-state index in [1.165, 1.54) is 6.92 Å². The van der Waals surface area contributed by atoms with Gasteiger partial charge < -0.3 is 24.4 Å². The Hall–Kier alpha value is -1.02. The molecule has 6 aliphatic rings. The highest BCUT2D eigenvalue weighted by Crippen LogP contribution is 2.76. The second kappa shape index (κ2) is 6.27. The van der Waals surface area contributed by atoms with Gasteiger partial charge in [0.2, 0.25) is 5.79 Å². The van der Waals surface area contributed by atoms with E-state index in [4.69, 9.17) is 14.2 Å². The molecule has 4 aliphatic carbocycles. The van der Waals surface area contributed by atoms with Crippen LogP contribution in [0.4, 0.5) is 0 Å².